The van der Waals surface area contributed by atoms with E-state index in [1.807, 2.05) is 0 Å². The SMILES string of the molecule is O=C1C2CCCC2C(=O)N1CCCCCCCl. The molecule has 2 unspecified atom stereocenters. The van der Waals surface area contributed by atoms with E-state index < -0.39 is 0 Å². The third-order valence-electron chi connectivity index (χ3n) is 3.95. The molecule has 0 aromatic heterocycles. The van der Waals surface area contributed by atoms with Crippen molar-refractivity contribution in [1.29, 1.82) is 0 Å². The first-order valence-corrected chi connectivity index (χ1v) is 7.20. The molecule has 0 bridgehead atoms. The van der Waals surface area contributed by atoms with E-state index in [1.165, 1.54) is 4.90 Å². The molecule has 1 saturated carbocycles. The van der Waals surface area contributed by atoms with Crippen LogP contribution in [0.15, 0.2) is 0 Å². The molecular weight excluding hydrogens is 238 g/mol. The fourth-order valence-corrected chi connectivity index (χ4v) is 3.19. The van der Waals surface area contributed by atoms with Crippen LogP contribution in [0.2, 0.25) is 0 Å². The highest BCUT2D eigenvalue weighted by Gasteiger charge is 2.49. The molecule has 0 aromatic carbocycles. The van der Waals surface area contributed by atoms with Gasteiger partial charge in [-0.25, -0.2) is 0 Å². The summed E-state index contributed by atoms with van der Waals surface area (Å²) in [6.45, 7) is 0.618. The zero-order valence-electron chi connectivity index (χ0n) is 10.2. The fraction of sp³-hybridized carbons (Fsp3) is 0.846. The van der Waals surface area contributed by atoms with Gasteiger partial charge in [-0.2, -0.15) is 0 Å². The Balaban J connectivity index is 1.77. The molecular formula is C13H20ClNO2. The van der Waals surface area contributed by atoms with E-state index in [0.29, 0.717) is 12.4 Å². The molecule has 96 valence electrons. The van der Waals surface area contributed by atoms with Gasteiger partial charge in [0.1, 0.15) is 0 Å². The van der Waals surface area contributed by atoms with Crippen molar-refractivity contribution in [3.05, 3.63) is 0 Å². The number of hydrogen-bond acceptors (Lipinski definition) is 2. The molecule has 0 N–H and O–H groups in total. The predicted octanol–water partition coefficient (Wildman–Crippen LogP) is 2.57. The van der Waals surface area contributed by atoms with Gasteiger partial charge >= 0.3 is 0 Å². The molecule has 2 aliphatic rings. The minimum absolute atomic E-state index is 0.0188. The Morgan fingerprint density at radius 2 is 1.59 bits per heavy atom. The predicted molar refractivity (Wildman–Crippen MR) is 66.7 cm³/mol. The van der Waals surface area contributed by atoms with Crippen LogP contribution >= 0.6 is 11.6 Å². The van der Waals surface area contributed by atoms with E-state index in [0.717, 1.165) is 44.9 Å². The number of rotatable bonds is 6. The van der Waals surface area contributed by atoms with Gasteiger partial charge in [0.2, 0.25) is 11.8 Å². The minimum atomic E-state index is 0.0188. The quantitative estimate of drug-likeness (QED) is 0.417. The number of likely N-dealkylation sites (tertiary alicyclic amines) is 1. The second-order valence-electron chi connectivity index (χ2n) is 5.08. The highest BCUT2D eigenvalue weighted by atomic mass is 35.5. The van der Waals surface area contributed by atoms with Gasteiger partial charge in [-0.3, -0.25) is 14.5 Å². The van der Waals surface area contributed by atoms with E-state index >= 15 is 0 Å². The first-order valence-electron chi connectivity index (χ1n) is 6.67. The summed E-state index contributed by atoms with van der Waals surface area (Å²) < 4.78 is 0. The summed E-state index contributed by atoms with van der Waals surface area (Å²) in [5, 5.41) is 0. The molecule has 1 aliphatic carbocycles. The number of carbonyl (C=O) groups is 2. The average molecular weight is 258 g/mol. The van der Waals surface area contributed by atoms with Crippen LogP contribution in [0.25, 0.3) is 0 Å². The summed E-state index contributed by atoms with van der Waals surface area (Å²) in [6, 6.07) is 0. The summed E-state index contributed by atoms with van der Waals surface area (Å²) in [6.07, 6.45) is 6.96. The van der Waals surface area contributed by atoms with Crippen LogP contribution in [-0.4, -0.2) is 29.1 Å². The van der Waals surface area contributed by atoms with Gasteiger partial charge in [-0.15, -0.1) is 11.6 Å². The largest absolute Gasteiger partial charge is 0.282 e. The van der Waals surface area contributed by atoms with Crippen molar-refractivity contribution >= 4 is 23.4 Å². The lowest BCUT2D eigenvalue weighted by molar-refractivity contribution is -0.140. The normalized spacial score (nSPS) is 27.9. The molecule has 1 saturated heterocycles. The monoisotopic (exact) mass is 257 g/mol. The maximum Gasteiger partial charge on any atom is 0.233 e. The number of hydrogen-bond donors (Lipinski definition) is 0. The van der Waals surface area contributed by atoms with Crippen LogP contribution in [0.4, 0.5) is 0 Å². The topological polar surface area (TPSA) is 37.4 Å². The maximum atomic E-state index is 12.0. The van der Waals surface area contributed by atoms with E-state index in [2.05, 4.69) is 0 Å². The number of amides is 2. The van der Waals surface area contributed by atoms with Crippen molar-refractivity contribution in [2.24, 2.45) is 11.8 Å². The van der Waals surface area contributed by atoms with Crippen molar-refractivity contribution < 1.29 is 9.59 Å². The van der Waals surface area contributed by atoms with Crippen molar-refractivity contribution in [2.75, 3.05) is 12.4 Å². The molecule has 2 rings (SSSR count). The summed E-state index contributed by atoms with van der Waals surface area (Å²) >= 11 is 5.60. The number of alkyl halides is 1. The molecule has 0 radical (unpaired) electrons. The summed E-state index contributed by atoms with van der Waals surface area (Å²) in [5.41, 5.74) is 0. The average Bonchev–Trinajstić information content (AvgIpc) is 2.88. The van der Waals surface area contributed by atoms with Gasteiger partial charge in [-0.1, -0.05) is 19.3 Å². The smallest absolute Gasteiger partial charge is 0.233 e. The summed E-state index contributed by atoms with van der Waals surface area (Å²) in [4.78, 5) is 25.5. The molecule has 2 fully saturated rings. The van der Waals surface area contributed by atoms with Crippen LogP contribution in [0, 0.1) is 11.8 Å². The van der Waals surface area contributed by atoms with Crippen molar-refractivity contribution in [3.63, 3.8) is 0 Å². The number of carbonyl (C=O) groups excluding carboxylic acids is 2. The Kier molecular flexibility index (Phi) is 4.43. The summed E-state index contributed by atoms with van der Waals surface area (Å²) in [7, 11) is 0. The molecule has 4 heteroatoms. The third kappa shape index (κ3) is 2.65. The Morgan fingerprint density at radius 1 is 1.00 bits per heavy atom. The van der Waals surface area contributed by atoms with Crippen LogP contribution in [0.5, 0.6) is 0 Å². The lowest BCUT2D eigenvalue weighted by atomic mass is 10.00. The lowest BCUT2D eigenvalue weighted by Crippen LogP contribution is -2.32. The Morgan fingerprint density at radius 3 is 2.18 bits per heavy atom. The number of unbranched alkanes of at least 4 members (excludes halogenated alkanes) is 3. The molecule has 2 atom stereocenters. The standard InChI is InChI=1S/C13H20ClNO2/c14-8-3-1-2-4-9-15-12(16)10-6-5-7-11(10)13(15)17/h10-11H,1-9H2. The van der Waals surface area contributed by atoms with Crippen LogP contribution in [-0.2, 0) is 9.59 Å². The molecule has 1 heterocycles. The zero-order valence-corrected chi connectivity index (χ0v) is 10.9. The Labute approximate surface area is 107 Å². The van der Waals surface area contributed by atoms with Crippen molar-refractivity contribution in [3.8, 4) is 0 Å². The molecule has 17 heavy (non-hydrogen) atoms. The number of fused-ring (bicyclic) bond motifs is 1. The van der Waals surface area contributed by atoms with Gasteiger partial charge in [0.15, 0.2) is 0 Å². The van der Waals surface area contributed by atoms with Crippen LogP contribution < -0.4 is 0 Å². The summed E-state index contributed by atoms with van der Waals surface area (Å²) in [5.74, 6) is 0.923. The fourth-order valence-electron chi connectivity index (χ4n) is 3.00. The third-order valence-corrected chi connectivity index (χ3v) is 4.22. The number of imide groups is 1. The molecule has 3 nitrogen and oxygen atoms in total. The van der Waals surface area contributed by atoms with Crippen LogP contribution in [0.1, 0.15) is 44.9 Å². The van der Waals surface area contributed by atoms with Gasteiger partial charge < -0.3 is 0 Å². The van der Waals surface area contributed by atoms with E-state index in [4.69, 9.17) is 11.6 Å². The van der Waals surface area contributed by atoms with Gasteiger partial charge in [0, 0.05) is 12.4 Å². The lowest BCUT2D eigenvalue weighted by Gasteiger charge is -2.15. The molecule has 0 aromatic rings. The Hall–Kier alpha value is -0.570. The van der Waals surface area contributed by atoms with Gasteiger partial charge in [-0.05, 0) is 25.7 Å². The van der Waals surface area contributed by atoms with E-state index in [1.54, 1.807) is 0 Å². The second-order valence-corrected chi connectivity index (χ2v) is 5.45. The Bertz CT molecular complexity index is 284. The van der Waals surface area contributed by atoms with E-state index in [9.17, 15) is 9.59 Å². The van der Waals surface area contributed by atoms with Gasteiger partial charge in [0.05, 0.1) is 11.8 Å². The number of halogens is 1. The first kappa shape index (κ1) is 12.9. The van der Waals surface area contributed by atoms with Crippen LogP contribution in [0.3, 0.4) is 0 Å². The van der Waals surface area contributed by atoms with E-state index in [-0.39, 0.29) is 23.7 Å². The zero-order chi connectivity index (χ0) is 12.3. The first-order chi connectivity index (χ1) is 8.25. The minimum Gasteiger partial charge on any atom is -0.282 e. The highest BCUT2D eigenvalue weighted by molar-refractivity contribution is 6.17. The molecule has 0 spiro atoms. The van der Waals surface area contributed by atoms with Crippen molar-refractivity contribution in [2.45, 2.75) is 44.9 Å². The second kappa shape index (κ2) is 5.85. The molecule has 1 aliphatic heterocycles. The maximum absolute atomic E-state index is 12.0. The van der Waals surface area contributed by atoms with Crippen molar-refractivity contribution in [1.82, 2.24) is 4.90 Å². The highest BCUT2D eigenvalue weighted by Crippen LogP contribution is 2.39. The van der Waals surface area contributed by atoms with Gasteiger partial charge in [0.25, 0.3) is 0 Å². The number of nitrogens with zero attached hydrogens (tertiary/aromatic N) is 1. The molecule has 2 amide bonds.